The van der Waals surface area contributed by atoms with Gasteiger partial charge in [-0.2, -0.15) is 0 Å². The van der Waals surface area contributed by atoms with Gasteiger partial charge in [0.2, 0.25) is 5.91 Å². The zero-order chi connectivity index (χ0) is 16.0. The Morgan fingerprint density at radius 2 is 1.90 bits per heavy atom. The molecule has 0 bridgehead atoms. The van der Waals surface area contributed by atoms with Crippen molar-refractivity contribution in [1.29, 1.82) is 0 Å². The Hall–Kier alpha value is -0.920. The first-order valence-corrected chi connectivity index (χ1v) is 9.16. The maximum absolute atomic E-state index is 12.1. The molecule has 0 heterocycles. The second kappa shape index (κ2) is 7.91. The fourth-order valence-corrected chi connectivity index (χ4v) is 3.33. The molecule has 0 aliphatic heterocycles. The fourth-order valence-electron chi connectivity index (χ4n) is 1.75. The van der Waals surface area contributed by atoms with Gasteiger partial charge in [-0.05, 0) is 37.6 Å². The number of carbonyl (C=O) groups is 1. The van der Waals surface area contributed by atoms with Gasteiger partial charge in [-0.3, -0.25) is 4.79 Å². The number of sulfone groups is 1. The highest BCUT2D eigenvalue weighted by Crippen LogP contribution is 2.17. The fraction of sp³-hybridized carbons (Fsp3) is 0.500. The van der Waals surface area contributed by atoms with E-state index >= 15 is 0 Å². The summed E-state index contributed by atoms with van der Waals surface area (Å²) < 4.78 is 25.1. The SMILES string of the molecule is CC(CN)N(C)C(=O)CCCS(=O)(=O)c1ccc(Br)cc1. The first-order chi connectivity index (χ1) is 9.77. The van der Waals surface area contributed by atoms with Crippen LogP contribution < -0.4 is 5.73 Å². The van der Waals surface area contributed by atoms with Gasteiger partial charge in [-0.1, -0.05) is 15.9 Å². The van der Waals surface area contributed by atoms with Crippen LogP contribution in [0.5, 0.6) is 0 Å². The van der Waals surface area contributed by atoms with E-state index in [1.807, 2.05) is 6.92 Å². The molecule has 21 heavy (non-hydrogen) atoms. The van der Waals surface area contributed by atoms with Crippen LogP contribution in [0.3, 0.4) is 0 Å². The molecular formula is C14H21BrN2O3S. The van der Waals surface area contributed by atoms with Crippen molar-refractivity contribution in [2.45, 2.75) is 30.7 Å². The molecule has 0 aliphatic rings. The number of benzene rings is 1. The van der Waals surface area contributed by atoms with E-state index < -0.39 is 9.84 Å². The third-order valence-electron chi connectivity index (χ3n) is 3.37. The predicted octanol–water partition coefficient (Wildman–Crippen LogP) is 1.81. The number of rotatable bonds is 7. The highest BCUT2D eigenvalue weighted by molar-refractivity contribution is 9.10. The lowest BCUT2D eigenvalue weighted by Crippen LogP contribution is -2.39. The molecule has 0 aliphatic carbocycles. The van der Waals surface area contributed by atoms with Crippen LogP contribution in [0.1, 0.15) is 19.8 Å². The molecule has 1 aromatic rings. The van der Waals surface area contributed by atoms with Crippen molar-refractivity contribution in [3.8, 4) is 0 Å². The number of hydrogen-bond acceptors (Lipinski definition) is 4. The number of halogens is 1. The lowest BCUT2D eigenvalue weighted by Gasteiger charge is -2.23. The maximum atomic E-state index is 12.1. The standard InChI is InChI=1S/C14H21BrN2O3S/c1-11(10-16)17(2)14(18)4-3-9-21(19,20)13-7-5-12(15)6-8-13/h5-8,11H,3-4,9-10,16H2,1-2H3. The van der Waals surface area contributed by atoms with Crippen LogP contribution in [-0.2, 0) is 14.6 Å². The van der Waals surface area contributed by atoms with E-state index in [9.17, 15) is 13.2 Å². The van der Waals surface area contributed by atoms with Crippen molar-refractivity contribution < 1.29 is 13.2 Å². The Labute approximate surface area is 134 Å². The summed E-state index contributed by atoms with van der Waals surface area (Å²) in [5.41, 5.74) is 5.50. The van der Waals surface area contributed by atoms with E-state index in [4.69, 9.17) is 5.73 Å². The Bertz CT molecular complexity index is 572. The summed E-state index contributed by atoms with van der Waals surface area (Å²) in [6.07, 6.45) is 0.509. The largest absolute Gasteiger partial charge is 0.342 e. The van der Waals surface area contributed by atoms with Gasteiger partial charge in [0.05, 0.1) is 10.6 Å². The summed E-state index contributed by atoms with van der Waals surface area (Å²) in [5, 5.41) is 0. The average Bonchev–Trinajstić information content (AvgIpc) is 2.45. The second-order valence-electron chi connectivity index (χ2n) is 4.97. The van der Waals surface area contributed by atoms with Crippen molar-refractivity contribution in [1.82, 2.24) is 4.90 Å². The monoisotopic (exact) mass is 376 g/mol. The predicted molar refractivity (Wildman–Crippen MR) is 86.7 cm³/mol. The van der Waals surface area contributed by atoms with E-state index in [0.717, 1.165) is 4.47 Å². The second-order valence-corrected chi connectivity index (χ2v) is 7.99. The number of hydrogen-bond donors (Lipinski definition) is 1. The lowest BCUT2D eigenvalue weighted by atomic mass is 10.2. The third kappa shape index (κ3) is 5.41. The van der Waals surface area contributed by atoms with Gasteiger partial charge in [0.15, 0.2) is 9.84 Å². The van der Waals surface area contributed by atoms with Gasteiger partial charge < -0.3 is 10.6 Å². The molecule has 1 aromatic carbocycles. The minimum Gasteiger partial charge on any atom is -0.342 e. The highest BCUT2D eigenvalue weighted by Gasteiger charge is 2.17. The molecule has 7 heteroatoms. The molecule has 118 valence electrons. The molecule has 0 saturated carbocycles. The van der Waals surface area contributed by atoms with Crippen molar-refractivity contribution >= 4 is 31.7 Å². The van der Waals surface area contributed by atoms with Crippen molar-refractivity contribution in [2.75, 3.05) is 19.3 Å². The van der Waals surface area contributed by atoms with Gasteiger partial charge in [0.1, 0.15) is 0 Å². The first kappa shape index (κ1) is 18.1. The molecule has 2 N–H and O–H groups in total. The molecule has 1 rings (SSSR count). The minimum absolute atomic E-state index is 0.0365. The van der Waals surface area contributed by atoms with Crippen LogP contribution in [0.25, 0.3) is 0 Å². The van der Waals surface area contributed by atoms with E-state index in [0.29, 0.717) is 13.0 Å². The van der Waals surface area contributed by atoms with E-state index in [1.54, 1.807) is 36.2 Å². The summed E-state index contributed by atoms with van der Waals surface area (Å²) >= 11 is 3.26. The van der Waals surface area contributed by atoms with Crippen LogP contribution in [0.4, 0.5) is 0 Å². The smallest absolute Gasteiger partial charge is 0.222 e. The summed E-state index contributed by atoms with van der Waals surface area (Å²) in [5.74, 6) is -0.121. The number of amides is 1. The Morgan fingerprint density at radius 3 is 2.43 bits per heavy atom. The van der Waals surface area contributed by atoms with E-state index in [2.05, 4.69) is 15.9 Å². The van der Waals surface area contributed by atoms with Crippen LogP contribution >= 0.6 is 15.9 Å². The molecular weight excluding hydrogens is 356 g/mol. The van der Waals surface area contributed by atoms with Crippen LogP contribution in [0.2, 0.25) is 0 Å². The van der Waals surface area contributed by atoms with Crippen molar-refractivity contribution in [3.63, 3.8) is 0 Å². The van der Waals surface area contributed by atoms with Crippen LogP contribution in [-0.4, -0.2) is 44.6 Å². The molecule has 0 radical (unpaired) electrons. The third-order valence-corrected chi connectivity index (χ3v) is 5.72. The van der Waals surface area contributed by atoms with E-state index in [-0.39, 0.29) is 29.0 Å². The number of carbonyl (C=O) groups excluding carboxylic acids is 1. The quantitative estimate of drug-likeness (QED) is 0.786. The zero-order valence-electron chi connectivity index (χ0n) is 12.3. The number of nitrogens with zero attached hydrogens (tertiary/aromatic N) is 1. The zero-order valence-corrected chi connectivity index (χ0v) is 14.7. The Kier molecular flexibility index (Phi) is 6.83. The molecule has 1 unspecified atom stereocenters. The number of likely N-dealkylation sites (N-methyl/N-ethyl adjacent to an activating group) is 1. The molecule has 0 saturated heterocycles. The van der Waals surface area contributed by atoms with Gasteiger partial charge in [-0.25, -0.2) is 8.42 Å². The highest BCUT2D eigenvalue weighted by atomic mass is 79.9. The summed E-state index contributed by atoms with van der Waals surface area (Å²) in [7, 11) is -1.66. The van der Waals surface area contributed by atoms with Crippen molar-refractivity contribution in [2.24, 2.45) is 5.73 Å². The molecule has 0 fully saturated rings. The van der Waals surface area contributed by atoms with Crippen LogP contribution in [0.15, 0.2) is 33.6 Å². The minimum atomic E-state index is -3.34. The average molecular weight is 377 g/mol. The first-order valence-electron chi connectivity index (χ1n) is 6.72. The molecule has 0 spiro atoms. The Morgan fingerprint density at radius 1 is 1.33 bits per heavy atom. The van der Waals surface area contributed by atoms with Gasteiger partial charge in [-0.15, -0.1) is 0 Å². The molecule has 0 aromatic heterocycles. The lowest BCUT2D eigenvalue weighted by molar-refractivity contribution is -0.131. The Balaban J connectivity index is 2.55. The van der Waals surface area contributed by atoms with Crippen molar-refractivity contribution in [3.05, 3.63) is 28.7 Å². The molecule has 1 amide bonds. The number of nitrogens with two attached hydrogens (primary N) is 1. The van der Waals surface area contributed by atoms with Gasteiger partial charge in [0, 0.05) is 30.5 Å². The maximum Gasteiger partial charge on any atom is 0.222 e. The van der Waals surface area contributed by atoms with E-state index in [1.165, 1.54) is 0 Å². The normalized spacial score (nSPS) is 13.0. The topological polar surface area (TPSA) is 80.5 Å². The summed E-state index contributed by atoms with van der Waals surface area (Å²) in [6, 6.07) is 6.46. The molecule has 5 nitrogen and oxygen atoms in total. The van der Waals surface area contributed by atoms with Gasteiger partial charge >= 0.3 is 0 Å². The van der Waals surface area contributed by atoms with Gasteiger partial charge in [0.25, 0.3) is 0 Å². The summed E-state index contributed by atoms with van der Waals surface area (Å²) in [6.45, 7) is 2.25. The molecule has 1 atom stereocenters. The van der Waals surface area contributed by atoms with Crippen LogP contribution in [0, 0.1) is 0 Å². The summed E-state index contributed by atoms with van der Waals surface area (Å²) in [4.78, 5) is 13.7.